The number of benzene rings is 3. The lowest BCUT2D eigenvalue weighted by Crippen LogP contribution is -2.54. The molecule has 36 heavy (non-hydrogen) atoms. The first kappa shape index (κ1) is 25.2. The molecular formula is C25H16Cl3N3O5. The van der Waals surface area contributed by atoms with Gasteiger partial charge >= 0.3 is 6.03 Å². The molecule has 0 saturated carbocycles. The Labute approximate surface area is 220 Å². The Morgan fingerprint density at radius 2 is 1.69 bits per heavy atom. The summed E-state index contributed by atoms with van der Waals surface area (Å²) in [5.74, 6) is -2.01. The van der Waals surface area contributed by atoms with Crippen LogP contribution in [0.15, 0.2) is 72.3 Å². The highest BCUT2D eigenvalue weighted by Crippen LogP contribution is 2.28. The smallest absolute Gasteiger partial charge is 0.335 e. The van der Waals surface area contributed by atoms with Crippen molar-refractivity contribution in [3.63, 3.8) is 0 Å². The lowest BCUT2D eigenvalue weighted by atomic mass is 10.1. The number of imide groups is 2. The van der Waals surface area contributed by atoms with Crippen LogP contribution in [0.5, 0.6) is 5.75 Å². The number of ether oxygens (including phenoxy) is 1. The van der Waals surface area contributed by atoms with Crippen LogP contribution in [0, 0.1) is 0 Å². The topological polar surface area (TPSA) is 105 Å². The first-order valence-electron chi connectivity index (χ1n) is 10.4. The van der Waals surface area contributed by atoms with Crippen LogP contribution in [0.3, 0.4) is 0 Å². The zero-order valence-corrected chi connectivity index (χ0v) is 20.5. The average molecular weight is 545 g/mol. The van der Waals surface area contributed by atoms with Crippen LogP contribution < -0.4 is 20.3 Å². The number of anilines is 2. The highest BCUT2D eigenvalue weighted by atomic mass is 35.5. The minimum atomic E-state index is -0.875. The van der Waals surface area contributed by atoms with Gasteiger partial charge in [-0.05, 0) is 54.6 Å². The Morgan fingerprint density at radius 3 is 2.42 bits per heavy atom. The first-order chi connectivity index (χ1) is 17.2. The molecule has 8 nitrogen and oxygen atoms in total. The Morgan fingerprint density at radius 1 is 0.944 bits per heavy atom. The standard InChI is InChI=1S/C25H16Cl3N3O5/c26-15-6-9-21(36-13-22(32)29-16-7-8-19(27)20(28)12-16)14(10-15)11-18-23(33)30-25(35)31(24(18)34)17-4-2-1-3-5-17/h1-12H,13H2,(H,29,32)(H,30,33,35)/b18-11-. The van der Waals surface area contributed by atoms with Gasteiger partial charge in [0, 0.05) is 16.3 Å². The quantitative estimate of drug-likeness (QED) is 0.322. The fraction of sp³-hybridized carbons (Fsp3) is 0.0400. The summed E-state index contributed by atoms with van der Waals surface area (Å²) in [6, 6.07) is 16.4. The van der Waals surface area contributed by atoms with Crippen molar-refractivity contribution in [3.05, 3.63) is 92.9 Å². The molecule has 1 aliphatic heterocycles. The summed E-state index contributed by atoms with van der Waals surface area (Å²) in [5.41, 5.74) is 0.656. The van der Waals surface area contributed by atoms with Crippen LogP contribution in [-0.2, 0) is 14.4 Å². The molecule has 1 saturated heterocycles. The number of halogens is 3. The molecule has 5 amide bonds. The Hall–Kier alpha value is -3.85. The zero-order valence-electron chi connectivity index (χ0n) is 18.3. The van der Waals surface area contributed by atoms with Gasteiger partial charge in [0.25, 0.3) is 17.7 Å². The first-order valence-corrected chi connectivity index (χ1v) is 11.5. The molecule has 0 aromatic heterocycles. The molecular weight excluding hydrogens is 529 g/mol. The Kier molecular flexibility index (Phi) is 7.59. The Bertz CT molecular complexity index is 1410. The average Bonchev–Trinajstić information content (AvgIpc) is 2.84. The summed E-state index contributed by atoms with van der Waals surface area (Å²) in [5, 5.41) is 5.70. The summed E-state index contributed by atoms with van der Waals surface area (Å²) in [4.78, 5) is 51.2. The van der Waals surface area contributed by atoms with Gasteiger partial charge in [-0.1, -0.05) is 53.0 Å². The van der Waals surface area contributed by atoms with Crippen LogP contribution in [0.25, 0.3) is 6.08 Å². The van der Waals surface area contributed by atoms with Crippen molar-refractivity contribution in [1.82, 2.24) is 5.32 Å². The monoisotopic (exact) mass is 543 g/mol. The van der Waals surface area contributed by atoms with Crippen molar-refractivity contribution < 1.29 is 23.9 Å². The van der Waals surface area contributed by atoms with E-state index in [1.54, 1.807) is 42.5 Å². The molecule has 182 valence electrons. The van der Waals surface area contributed by atoms with Gasteiger partial charge in [-0.15, -0.1) is 0 Å². The van der Waals surface area contributed by atoms with Crippen LogP contribution in [0.1, 0.15) is 5.56 Å². The van der Waals surface area contributed by atoms with E-state index in [1.165, 1.54) is 30.3 Å². The summed E-state index contributed by atoms with van der Waals surface area (Å²) in [6.07, 6.45) is 1.25. The number of hydrogen-bond acceptors (Lipinski definition) is 5. The van der Waals surface area contributed by atoms with E-state index in [-0.39, 0.29) is 21.9 Å². The lowest BCUT2D eigenvalue weighted by Gasteiger charge is -2.26. The van der Waals surface area contributed by atoms with Crippen LogP contribution in [0.2, 0.25) is 15.1 Å². The molecule has 0 bridgehead atoms. The number of rotatable bonds is 6. The maximum Gasteiger partial charge on any atom is 0.335 e. The van der Waals surface area contributed by atoms with E-state index < -0.39 is 30.4 Å². The molecule has 2 N–H and O–H groups in total. The maximum atomic E-state index is 13.1. The molecule has 0 spiro atoms. The van der Waals surface area contributed by atoms with E-state index in [0.717, 1.165) is 4.90 Å². The fourth-order valence-corrected chi connectivity index (χ4v) is 3.78. The molecule has 1 aliphatic rings. The van der Waals surface area contributed by atoms with Crippen molar-refractivity contribution in [2.24, 2.45) is 0 Å². The summed E-state index contributed by atoms with van der Waals surface area (Å²) >= 11 is 18.0. The highest BCUT2D eigenvalue weighted by Gasteiger charge is 2.36. The van der Waals surface area contributed by atoms with Crippen LogP contribution in [0.4, 0.5) is 16.2 Å². The van der Waals surface area contributed by atoms with Crippen molar-refractivity contribution in [2.45, 2.75) is 0 Å². The second-order valence-corrected chi connectivity index (χ2v) is 8.69. The number of urea groups is 1. The molecule has 0 atom stereocenters. The number of barbiturate groups is 1. The van der Waals surface area contributed by atoms with E-state index in [2.05, 4.69) is 10.6 Å². The molecule has 0 radical (unpaired) electrons. The van der Waals surface area contributed by atoms with Gasteiger partial charge in [0.2, 0.25) is 0 Å². The summed E-state index contributed by atoms with van der Waals surface area (Å²) in [7, 11) is 0. The maximum absolute atomic E-state index is 13.1. The fourth-order valence-electron chi connectivity index (χ4n) is 3.30. The third-order valence-electron chi connectivity index (χ3n) is 4.95. The minimum Gasteiger partial charge on any atom is -0.483 e. The van der Waals surface area contributed by atoms with Gasteiger partial charge < -0.3 is 10.1 Å². The molecule has 1 heterocycles. The highest BCUT2D eigenvalue weighted by molar-refractivity contribution is 6.42. The molecule has 0 unspecified atom stereocenters. The third-order valence-corrected chi connectivity index (χ3v) is 5.92. The Balaban J connectivity index is 1.56. The molecule has 11 heteroatoms. The number of carbonyl (C=O) groups is 4. The number of nitrogens with zero attached hydrogens (tertiary/aromatic N) is 1. The van der Waals surface area contributed by atoms with Gasteiger partial charge in [-0.3, -0.25) is 19.7 Å². The van der Waals surface area contributed by atoms with E-state index in [0.29, 0.717) is 21.4 Å². The van der Waals surface area contributed by atoms with Crippen molar-refractivity contribution in [2.75, 3.05) is 16.8 Å². The molecule has 4 rings (SSSR count). The molecule has 0 aliphatic carbocycles. The van der Waals surface area contributed by atoms with E-state index in [1.807, 2.05) is 0 Å². The van der Waals surface area contributed by atoms with Crippen molar-refractivity contribution in [1.29, 1.82) is 0 Å². The number of amides is 5. The van der Waals surface area contributed by atoms with Gasteiger partial charge in [0.1, 0.15) is 11.3 Å². The zero-order chi connectivity index (χ0) is 25.8. The number of nitrogens with one attached hydrogen (secondary N) is 2. The molecule has 1 fully saturated rings. The van der Waals surface area contributed by atoms with E-state index in [4.69, 9.17) is 39.5 Å². The number of hydrogen-bond donors (Lipinski definition) is 2. The van der Waals surface area contributed by atoms with Crippen LogP contribution >= 0.6 is 34.8 Å². The van der Waals surface area contributed by atoms with E-state index >= 15 is 0 Å². The van der Waals surface area contributed by atoms with Gasteiger partial charge in [-0.2, -0.15) is 0 Å². The van der Waals surface area contributed by atoms with Gasteiger partial charge in [-0.25, -0.2) is 9.69 Å². The largest absolute Gasteiger partial charge is 0.483 e. The SMILES string of the molecule is O=C(COc1ccc(Cl)cc1/C=C1/C(=O)NC(=O)N(c2ccccc2)C1=O)Nc1ccc(Cl)c(Cl)c1. The summed E-state index contributed by atoms with van der Waals surface area (Å²) < 4.78 is 5.63. The van der Waals surface area contributed by atoms with Gasteiger partial charge in [0.05, 0.1) is 15.7 Å². The lowest BCUT2D eigenvalue weighted by molar-refractivity contribution is -0.122. The minimum absolute atomic E-state index is 0.181. The predicted molar refractivity (Wildman–Crippen MR) is 137 cm³/mol. The van der Waals surface area contributed by atoms with Crippen LogP contribution in [-0.4, -0.2) is 30.4 Å². The second kappa shape index (κ2) is 10.8. The number of para-hydroxylation sites is 1. The van der Waals surface area contributed by atoms with E-state index in [9.17, 15) is 19.2 Å². The molecule has 3 aromatic rings. The van der Waals surface area contributed by atoms with Gasteiger partial charge in [0.15, 0.2) is 6.61 Å². The molecule has 3 aromatic carbocycles. The third kappa shape index (κ3) is 5.68. The van der Waals surface area contributed by atoms with Crippen molar-refractivity contribution >= 4 is 76.0 Å². The number of carbonyl (C=O) groups excluding carboxylic acids is 4. The van der Waals surface area contributed by atoms with Crippen molar-refractivity contribution in [3.8, 4) is 5.75 Å². The second-order valence-electron chi connectivity index (χ2n) is 7.44. The normalized spacial score (nSPS) is 14.6. The summed E-state index contributed by atoms with van der Waals surface area (Å²) in [6.45, 7) is -0.396. The predicted octanol–water partition coefficient (Wildman–Crippen LogP) is 5.33.